The van der Waals surface area contributed by atoms with Gasteiger partial charge in [0.15, 0.2) is 0 Å². The summed E-state index contributed by atoms with van der Waals surface area (Å²) in [5, 5.41) is 12.3. The van der Waals surface area contributed by atoms with E-state index in [1.807, 2.05) is 11.8 Å². The Morgan fingerprint density at radius 2 is 2.43 bits per heavy atom. The Hall–Kier alpha value is -0.610. The SMILES string of the molecule is CCC1NCCN(CCC(C)O)C1=O. The minimum Gasteiger partial charge on any atom is -0.393 e. The number of hydrogen-bond donors (Lipinski definition) is 2. The van der Waals surface area contributed by atoms with Crippen molar-refractivity contribution in [2.24, 2.45) is 0 Å². The molecule has 0 aromatic heterocycles. The van der Waals surface area contributed by atoms with Gasteiger partial charge in [0.25, 0.3) is 0 Å². The molecular formula is C10H20N2O2. The number of amides is 1. The summed E-state index contributed by atoms with van der Waals surface area (Å²) in [6, 6.07) is -0.0160. The molecule has 0 aliphatic carbocycles. The van der Waals surface area contributed by atoms with E-state index in [1.54, 1.807) is 6.92 Å². The number of carbonyl (C=O) groups is 1. The Bertz CT molecular complexity index is 195. The van der Waals surface area contributed by atoms with Crippen LogP contribution in [0.5, 0.6) is 0 Å². The molecule has 1 rings (SSSR count). The molecule has 1 aliphatic rings. The number of aliphatic hydroxyl groups excluding tert-OH is 1. The van der Waals surface area contributed by atoms with Crippen LogP contribution in [0.15, 0.2) is 0 Å². The zero-order chi connectivity index (χ0) is 10.6. The Morgan fingerprint density at radius 1 is 1.71 bits per heavy atom. The number of carbonyl (C=O) groups excluding carboxylic acids is 1. The maximum atomic E-state index is 11.8. The second kappa shape index (κ2) is 5.32. The quantitative estimate of drug-likeness (QED) is 0.670. The van der Waals surface area contributed by atoms with Gasteiger partial charge in [0.2, 0.25) is 5.91 Å². The van der Waals surface area contributed by atoms with Crippen LogP contribution in [0.4, 0.5) is 0 Å². The first-order valence-electron chi connectivity index (χ1n) is 5.35. The third-order valence-electron chi connectivity index (χ3n) is 2.61. The van der Waals surface area contributed by atoms with Crippen LogP contribution in [-0.4, -0.2) is 47.7 Å². The van der Waals surface area contributed by atoms with E-state index in [0.29, 0.717) is 13.0 Å². The number of rotatable bonds is 4. The van der Waals surface area contributed by atoms with E-state index in [4.69, 9.17) is 5.11 Å². The van der Waals surface area contributed by atoms with Crippen molar-refractivity contribution in [3.8, 4) is 0 Å². The molecule has 14 heavy (non-hydrogen) atoms. The lowest BCUT2D eigenvalue weighted by atomic mass is 10.1. The van der Waals surface area contributed by atoms with Gasteiger partial charge in [-0.05, 0) is 19.8 Å². The molecule has 0 saturated carbocycles. The van der Waals surface area contributed by atoms with Crippen LogP contribution in [0.2, 0.25) is 0 Å². The van der Waals surface area contributed by atoms with E-state index in [0.717, 1.165) is 19.5 Å². The average molecular weight is 200 g/mol. The summed E-state index contributed by atoms with van der Waals surface area (Å²) in [4.78, 5) is 13.6. The molecule has 2 N–H and O–H groups in total. The van der Waals surface area contributed by atoms with E-state index >= 15 is 0 Å². The molecule has 0 radical (unpaired) electrons. The number of piperazine rings is 1. The molecule has 1 aliphatic heterocycles. The zero-order valence-electron chi connectivity index (χ0n) is 8.99. The lowest BCUT2D eigenvalue weighted by molar-refractivity contribution is -0.136. The highest BCUT2D eigenvalue weighted by Gasteiger charge is 2.26. The molecule has 4 heteroatoms. The predicted octanol–water partition coefficient (Wildman–Crippen LogP) is -0.0323. The molecule has 0 aromatic carbocycles. The van der Waals surface area contributed by atoms with Gasteiger partial charge < -0.3 is 15.3 Å². The predicted molar refractivity (Wildman–Crippen MR) is 55.0 cm³/mol. The molecule has 82 valence electrons. The van der Waals surface area contributed by atoms with E-state index in [9.17, 15) is 4.79 Å². The first-order valence-corrected chi connectivity index (χ1v) is 5.35. The van der Waals surface area contributed by atoms with Gasteiger partial charge in [-0.2, -0.15) is 0 Å². The van der Waals surface area contributed by atoms with E-state index < -0.39 is 0 Å². The largest absolute Gasteiger partial charge is 0.393 e. The van der Waals surface area contributed by atoms with Gasteiger partial charge in [-0.15, -0.1) is 0 Å². The van der Waals surface area contributed by atoms with Crippen LogP contribution >= 0.6 is 0 Å². The molecule has 0 bridgehead atoms. The van der Waals surface area contributed by atoms with Gasteiger partial charge in [-0.1, -0.05) is 6.92 Å². The first kappa shape index (κ1) is 11.5. The van der Waals surface area contributed by atoms with Crippen molar-refractivity contribution in [1.29, 1.82) is 0 Å². The number of hydrogen-bond acceptors (Lipinski definition) is 3. The van der Waals surface area contributed by atoms with Crippen LogP contribution in [0.3, 0.4) is 0 Å². The summed E-state index contributed by atoms with van der Waals surface area (Å²) >= 11 is 0. The fraction of sp³-hybridized carbons (Fsp3) is 0.900. The van der Waals surface area contributed by atoms with Crippen molar-refractivity contribution in [3.05, 3.63) is 0 Å². The molecule has 1 amide bonds. The van der Waals surface area contributed by atoms with Crippen molar-refractivity contribution < 1.29 is 9.90 Å². The second-order valence-electron chi connectivity index (χ2n) is 3.88. The van der Waals surface area contributed by atoms with E-state index in [1.165, 1.54) is 0 Å². The normalized spacial score (nSPS) is 25.2. The average Bonchev–Trinajstić information content (AvgIpc) is 2.16. The van der Waals surface area contributed by atoms with Gasteiger partial charge in [0.05, 0.1) is 12.1 Å². The summed E-state index contributed by atoms with van der Waals surface area (Å²) in [6.07, 6.45) is 1.18. The van der Waals surface area contributed by atoms with Crippen LogP contribution < -0.4 is 5.32 Å². The zero-order valence-corrected chi connectivity index (χ0v) is 8.99. The highest BCUT2D eigenvalue weighted by molar-refractivity contribution is 5.82. The third kappa shape index (κ3) is 2.96. The monoisotopic (exact) mass is 200 g/mol. The van der Waals surface area contributed by atoms with Crippen molar-refractivity contribution in [1.82, 2.24) is 10.2 Å². The van der Waals surface area contributed by atoms with Crippen LogP contribution in [0, 0.1) is 0 Å². The maximum absolute atomic E-state index is 11.8. The highest BCUT2D eigenvalue weighted by atomic mass is 16.3. The van der Waals surface area contributed by atoms with Gasteiger partial charge in [0, 0.05) is 19.6 Å². The summed E-state index contributed by atoms with van der Waals surface area (Å²) in [5.41, 5.74) is 0. The van der Waals surface area contributed by atoms with Crippen LogP contribution in [-0.2, 0) is 4.79 Å². The minimum atomic E-state index is -0.322. The number of aliphatic hydroxyl groups is 1. The van der Waals surface area contributed by atoms with Gasteiger partial charge in [-0.3, -0.25) is 4.79 Å². The molecule has 2 atom stereocenters. The smallest absolute Gasteiger partial charge is 0.239 e. The van der Waals surface area contributed by atoms with Crippen molar-refractivity contribution >= 4 is 5.91 Å². The summed E-state index contributed by atoms with van der Waals surface area (Å²) in [6.45, 7) is 6.07. The molecular weight excluding hydrogens is 180 g/mol. The van der Waals surface area contributed by atoms with Crippen LogP contribution in [0.25, 0.3) is 0 Å². The molecule has 2 unspecified atom stereocenters. The standard InChI is InChI=1S/C10H20N2O2/c1-3-9-10(14)12(7-5-11-9)6-4-8(2)13/h8-9,11,13H,3-7H2,1-2H3. The highest BCUT2D eigenvalue weighted by Crippen LogP contribution is 2.06. The Labute approximate surface area is 85.3 Å². The lowest BCUT2D eigenvalue weighted by Gasteiger charge is -2.33. The summed E-state index contributed by atoms with van der Waals surface area (Å²) in [5.74, 6) is 0.180. The molecule has 1 heterocycles. The van der Waals surface area contributed by atoms with E-state index in [2.05, 4.69) is 5.32 Å². The van der Waals surface area contributed by atoms with Crippen molar-refractivity contribution in [2.45, 2.75) is 38.8 Å². The molecule has 1 saturated heterocycles. The lowest BCUT2D eigenvalue weighted by Crippen LogP contribution is -2.55. The fourth-order valence-electron chi connectivity index (χ4n) is 1.68. The molecule has 0 spiro atoms. The minimum absolute atomic E-state index is 0.0160. The van der Waals surface area contributed by atoms with Gasteiger partial charge in [-0.25, -0.2) is 0 Å². The van der Waals surface area contributed by atoms with Crippen molar-refractivity contribution in [2.75, 3.05) is 19.6 Å². The second-order valence-corrected chi connectivity index (χ2v) is 3.88. The Balaban J connectivity index is 2.40. The number of nitrogens with one attached hydrogen (secondary N) is 1. The topological polar surface area (TPSA) is 52.6 Å². The van der Waals surface area contributed by atoms with Crippen molar-refractivity contribution in [3.63, 3.8) is 0 Å². The summed E-state index contributed by atoms with van der Waals surface area (Å²) < 4.78 is 0. The fourth-order valence-corrected chi connectivity index (χ4v) is 1.68. The third-order valence-corrected chi connectivity index (χ3v) is 2.61. The first-order chi connectivity index (χ1) is 6.65. The van der Waals surface area contributed by atoms with Crippen LogP contribution in [0.1, 0.15) is 26.7 Å². The number of nitrogens with zero attached hydrogens (tertiary/aromatic N) is 1. The summed E-state index contributed by atoms with van der Waals surface area (Å²) in [7, 11) is 0. The van der Waals surface area contributed by atoms with E-state index in [-0.39, 0.29) is 18.1 Å². The molecule has 1 fully saturated rings. The van der Waals surface area contributed by atoms with Gasteiger partial charge >= 0.3 is 0 Å². The molecule has 4 nitrogen and oxygen atoms in total. The maximum Gasteiger partial charge on any atom is 0.239 e. The Kier molecular flexibility index (Phi) is 4.35. The molecule has 0 aromatic rings. The van der Waals surface area contributed by atoms with Gasteiger partial charge in [0.1, 0.15) is 0 Å². The Morgan fingerprint density at radius 3 is 3.00 bits per heavy atom.